The van der Waals surface area contributed by atoms with E-state index in [0.29, 0.717) is 0 Å². The molecule has 0 saturated heterocycles. The Bertz CT molecular complexity index is 524. The number of thiophene rings is 1. The average molecular weight is 218 g/mol. The van der Waals surface area contributed by atoms with Crippen molar-refractivity contribution in [3.8, 4) is 0 Å². The maximum atomic E-state index is 10.0. The summed E-state index contributed by atoms with van der Waals surface area (Å²) in [6.45, 7) is 4.45. The summed E-state index contributed by atoms with van der Waals surface area (Å²) >= 11 is 1.75. The largest absolute Gasteiger partial charge is 0.388 e. The minimum atomic E-state index is -0.257. The van der Waals surface area contributed by atoms with Crippen LogP contribution in [0, 0.1) is 0 Å². The molecule has 78 valence electrons. The molecule has 0 radical (unpaired) electrons. The van der Waals surface area contributed by atoms with Gasteiger partial charge in [-0.2, -0.15) is 0 Å². The second-order valence-corrected chi connectivity index (χ2v) is 6.03. The van der Waals surface area contributed by atoms with Crippen LogP contribution in [0.25, 0.3) is 10.1 Å². The summed E-state index contributed by atoms with van der Waals surface area (Å²) in [4.78, 5) is 1.18. The van der Waals surface area contributed by atoms with Crippen LogP contribution in [0.15, 0.2) is 24.3 Å². The summed E-state index contributed by atoms with van der Waals surface area (Å²) < 4.78 is 1.30. The Kier molecular flexibility index (Phi) is 1.77. The van der Waals surface area contributed by atoms with E-state index in [-0.39, 0.29) is 11.5 Å². The molecule has 0 bridgehead atoms. The van der Waals surface area contributed by atoms with E-state index in [2.05, 4.69) is 38.1 Å². The van der Waals surface area contributed by atoms with Gasteiger partial charge in [-0.05, 0) is 28.9 Å². The van der Waals surface area contributed by atoms with Crippen molar-refractivity contribution in [1.29, 1.82) is 0 Å². The topological polar surface area (TPSA) is 20.2 Å². The van der Waals surface area contributed by atoms with Crippen molar-refractivity contribution in [3.63, 3.8) is 0 Å². The Morgan fingerprint density at radius 1 is 1.33 bits per heavy atom. The van der Waals surface area contributed by atoms with Crippen molar-refractivity contribution < 1.29 is 5.11 Å². The van der Waals surface area contributed by atoms with Crippen LogP contribution in [-0.4, -0.2) is 5.11 Å². The number of rotatable bonds is 0. The minimum absolute atomic E-state index is 0.119. The van der Waals surface area contributed by atoms with Crippen molar-refractivity contribution in [2.24, 2.45) is 0 Å². The lowest BCUT2D eigenvalue weighted by atomic mass is 9.85. The van der Waals surface area contributed by atoms with E-state index in [1.54, 1.807) is 11.3 Å². The van der Waals surface area contributed by atoms with E-state index in [9.17, 15) is 5.11 Å². The highest BCUT2D eigenvalue weighted by Gasteiger charge is 2.38. The maximum Gasteiger partial charge on any atom is 0.0893 e. The molecule has 1 heterocycles. The van der Waals surface area contributed by atoms with Gasteiger partial charge in [0.25, 0.3) is 0 Å². The molecule has 1 atom stereocenters. The predicted octanol–water partition coefficient (Wildman–Crippen LogP) is 3.62. The summed E-state index contributed by atoms with van der Waals surface area (Å²) in [5.74, 6) is 0. The summed E-state index contributed by atoms with van der Waals surface area (Å²) in [6, 6.07) is 8.45. The molecule has 1 nitrogen and oxygen atoms in total. The van der Waals surface area contributed by atoms with Crippen molar-refractivity contribution in [2.45, 2.75) is 31.8 Å². The maximum absolute atomic E-state index is 10.0. The van der Waals surface area contributed by atoms with E-state index in [1.807, 2.05) is 0 Å². The number of benzene rings is 1. The fraction of sp³-hybridized carbons (Fsp3) is 0.385. The third kappa shape index (κ3) is 1.18. The number of fused-ring (bicyclic) bond motifs is 3. The molecule has 0 fully saturated rings. The van der Waals surface area contributed by atoms with Gasteiger partial charge in [0.15, 0.2) is 0 Å². The Balaban J connectivity index is 2.40. The fourth-order valence-corrected chi connectivity index (χ4v) is 4.05. The Labute approximate surface area is 93.4 Å². The van der Waals surface area contributed by atoms with Crippen molar-refractivity contribution in [3.05, 3.63) is 34.7 Å². The zero-order valence-corrected chi connectivity index (χ0v) is 9.77. The van der Waals surface area contributed by atoms with Crippen LogP contribution >= 0.6 is 11.3 Å². The molecule has 2 aromatic rings. The van der Waals surface area contributed by atoms with E-state index >= 15 is 0 Å². The summed E-state index contributed by atoms with van der Waals surface area (Å²) in [5, 5.41) is 11.4. The lowest BCUT2D eigenvalue weighted by molar-refractivity contribution is 0.164. The SMILES string of the molecule is CC1(C)C[C@H](O)c2sc3ccccc3c21. The molecule has 1 N–H and O–H groups in total. The summed E-state index contributed by atoms with van der Waals surface area (Å²) in [7, 11) is 0. The molecule has 0 aliphatic heterocycles. The van der Waals surface area contributed by atoms with Crippen LogP contribution in [0.1, 0.15) is 36.8 Å². The van der Waals surface area contributed by atoms with Gasteiger partial charge in [0, 0.05) is 9.58 Å². The number of hydrogen-bond donors (Lipinski definition) is 1. The summed E-state index contributed by atoms with van der Waals surface area (Å²) in [6.07, 6.45) is 0.603. The van der Waals surface area contributed by atoms with Crippen LogP contribution in [-0.2, 0) is 5.41 Å². The minimum Gasteiger partial charge on any atom is -0.388 e. The first kappa shape index (κ1) is 9.37. The van der Waals surface area contributed by atoms with E-state index in [1.165, 1.54) is 20.5 Å². The molecular weight excluding hydrogens is 204 g/mol. The van der Waals surface area contributed by atoms with Gasteiger partial charge in [0.2, 0.25) is 0 Å². The van der Waals surface area contributed by atoms with E-state index in [4.69, 9.17) is 0 Å². The highest BCUT2D eigenvalue weighted by atomic mass is 32.1. The number of aliphatic hydroxyl groups is 1. The van der Waals surface area contributed by atoms with Gasteiger partial charge in [0.05, 0.1) is 6.10 Å². The molecule has 1 aromatic heterocycles. The first-order valence-corrected chi connectivity index (χ1v) is 6.11. The lowest BCUT2D eigenvalue weighted by Gasteiger charge is -2.18. The van der Waals surface area contributed by atoms with Crippen LogP contribution in [0.2, 0.25) is 0 Å². The van der Waals surface area contributed by atoms with Crippen LogP contribution in [0.3, 0.4) is 0 Å². The normalized spacial score (nSPS) is 23.3. The van der Waals surface area contributed by atoms with Gasteiger partial charge in [0.1, 0.15) is 0 Å². The smallest absolute Gasteiger partial charge is 0.0893 e. The molecular formula is C13H14OS. The molecule has 2 heteroatoms. The first-order valence-electron chi connectivity index (χ1n) is 5.29. The van der Waals surface area contributed by atoms with Crippen LogP contribution < -0.4 is 0 Å². The van der Waals surface area contributed by atoms with Crippen molar-refractivity contribution in [2.75, 3.05) is 0 Å². The zero-order valence-electron chi connectivity index (χ0n) is 8.95. The molecule has 1 aliphatic carbocycles. The van der Waals surface area contributed by atoms with Crippen LogP contribution in [0.5, 0.6) is 0 Å². The zero-order chi connectivity index (χ0) is 10.6. The van der Waals surface area contributed by atoms with Gasteiger partial charge in [-0.15, -0.1) is 11.3 Å². The molecule has 0 saturated carbocycles. The van der Waals surface area contributed by atoms with Crippen LogP contribution in [0.4, 0.5) is 0 Å². The van der Waals surface area contributed by atoms with Crippen molar-refractivity contribution in [1.82, 2.24) is 0 Å². The van der Waals surface area contributed by atoms with E-state index < -0.39 is 0 Å². The Morgan fingerprint density at radius 3 is 2.87 bits per heavy atom. The van der Waals surface area contributed by atoms with Gasteiger partial charge < -0.3 is 5.11 Å². The molecule has 1 aromatic carbocycles. The van der Waals surface area contributed by atoms with Gasteiger partial charge in [-0.3, -0.25) is 0 Å². The second-order valence-electron chi connectivity index (χ2n) is 4.94. The standard InChI is InChI=1S/C13H14OS/c1-13(2)7-9(14)12-11(13)8-5-3-4-6-10(8)15-12/h3-6,9,14H,7H2,1-2H3/t9-/m0/s1. The molecule has 0 spiro atoms. The second kappa shape index (κ2) is 2.83. The molecule has 1 aliphatic rings. The summed E-state index contributed by atoms with van der Waals surface area (Å²) in [5.41, 5.74) is 1.49. The van der Waals surface area contributed by atoms with Crippen molar-refractivity contribution >= 4 is 21.4 Å². The highest BCUT2D eigenvalue weighted by molar-refractivity contribution is 7.19. The number of hydrogen-bond acceptors (Lipinski definition) is 2. The predicted molar refractivity (Wildman–Crippen MR) is 64.4 cm³/mol. The lowest BCUT2D eigenvalue weighted by Crippen LogP contribution is -2.12. The fourth-order valence-electron chi connectivity index (χ4n) is 2.68. The quantitative estimate of drug-likeness (QED) is 0.716. The molecule has 15 heavy (non-hydrogen) atoms. The molecule has 0 amide bonds. The first-order chi connectivity index (χ1) is 7.09. The Morgan fingerprint density at radius 2 is 2.07 bits per heavy atom. The van der Waals surface area contributed by atoms with Gasteiger partial charge >= 0.3 is 0 Å². The van der Waals surface area contributed by atoms with E-state index in [0.717, 1.165) is 6.42 Å². The molecule has 0 unspecified atom stereocenters. The third-order valence-electron chi connectivity index (χ3n) is 3.31. The molecule has 3 rings (SSSR count). The third-order valence-corrected chi connectivity index (χ3v) is 4.58. The van der Waals surface area contributed by atoms with Gasteiger partial charge in [-0.1, -0.05) is 32.0 Å². The average Bonchev–Trinajstić information content (AvgIpc) is 2.64. The monoisotopic (exact) mass is 218 g/mol. The number of aliphatic hydroxyl groups excluding tert-OH is 1. The van der Waals surface area contributed by atoms with Gasteiger partial charge in [-0.25, -0.2) is 0 Å². The highest BCUT2D eigenvalue weighted by Crippen LogP contribution is 2.51. The Hall–Kier alpha value is -0.860.